The van der Waals surface area contributed by atoms with E-state index < -0.39 is 12.1 Å². The molecule has 114 valence electrons. The van der Waals surface area contributed by atoms with Crippen LogP contribution >= 0.6 is 0 Å². The number of carbonyl (C=O) groups excluding carboxylic acids is 2. The molecule has 1 amide bonds. The Bertz CT molecular complexity index is 546. The molecule has 1 heterocycles. The van der Waals surface area contributed by atoms with E-state index in [1.54, 1.807) is 6.07 Å². The fourth-order valence-electron chi connectivity index (χ4n) is 2.10. The number of ether oxygens (including phenoxy) is 3. The predicted octanol–water partition coefficient (Wildman–Crippen LogP) is 1.01. The lowest BCUT2D eigenvalue weighted by atomic mass is 10.2. The summed E-state index contributed by atoms with van der Waals surface area (Å²) in [5, 5.41) is 0. The van der Waals surface area contributed by atoms with Gasteiger partial charge < -0.3 is 24.8 Å². The van der Waals surface area contributed by atoms with Crippen LogP contribution in [0.25, 0.3) is 0 Å². The largest absolute Gasteiger partial charge is 0.497 e. The molecule has 21 heavy (non-hydrogen) atoms. The third-order valence-electron chi connectivity index (χ3n) is 3.27. The monoisotopic (exact) mass is 294 g/mol. The van der Waals surface area contributed by atoms with Gasteiger partial charge in [0.15, 0.2) is 5.75 Å². The van der Waals surface area contributed by atoms with Crippen LogP contribution in [-0.4, -0.2) is 50.3 Å². The molecule has 1 aliphatic rings. The number of nitrogens with two attached hydrogens (primary N) is 1. The van der Waals surface area contributed by atoms with Crippen molar-refractivity contribution >= 4 is 12.1 Å². The van der Waals surface area contributed by atoms with Gasteiger partial charge in [-0.05, 0) is 18.6 Å². The summed E-state index contributed by atoms with van der Waals surface area (Å²) in [5.41, 5.74) is 5.92. The molecule has 0 saturated carbocycles. The summed E-state index contributed by atoms with van der Waals surface area (Å²) in [6.07, 6.45) is 0.193. The highest BCUT2D eigenvalue weighted by Gasteiger charge is 2.26. The van der Waals surface area contributed by atoms with Gasteiger partial charge in [-0.2, -0.15) is 0 Å². The lowest BCUT2D eigenvalue weighted by molar-refractivity contribution is 0.0597. The fraction of sp³-hybridized carbons (Fsp3) is 0.429. The van der Waals surface area contributed by atoms with E-state index in [4.69, 9.17) is 15.2 Å². The average molecular weight is 294 g/mol. The second-order valence-corrected chi connectivity index (χ2v) is 4.72. The third-order valence-corrected chi connectivity index (χ3v) is 3.27. The van der Waals surface area contributed by atoms with Gasteiger partial charge >= 0.3 is 12.1 Å². The Labute approximate surface area is 122 Å². The van der Waals surface area contributed by atoms with Gasteiger partial charge in [0.1, 0.15) is 11.3 Å². The minimum absolute atomic E-state index is 0.0389. The van der Waals surface area contributed by atoms with Crippen LogP contribution in [0.4, 0.5) is 4.79 Å². The van der Waals surface area contributed by atoms with Crippen molar-refractivity contribution < 1.29 is 23.8 Å². The minimum Gasteiger partial charge on any atom is -0.497 e. The molecule has 0 aromatic heterocycles. The topological polar surface area (TPSA) is 91.1 Å². The van der Waals surface area contributed by atoms with Crippen molar-refractivity contribution in [3.8, 4) is 11.5 Å². The molecule has 2 N–H and O–H groups in total. The standard InChI is InChI=1S/C14H18N2O5/c1-19-10-3-4-11(13(17)20-2)12(7-10)21-14(18)16-6-5-9(15)8-16/h3-4,7,9H,5-6,8,15H2,1-2H3/t9-/m1/s1. The van der Waals surface area contributed by atoms with Crippen molar-refractivity contribution in [2.75, 3.05) is 27.3 Å². The highest BCUT2D eigenvalue weighted by molar-refractivity contribution is 5.93. The number of nitrogens with zero attached hydrogens (tertiary/aromatic N) is 1. The van der Waals surface area contributed by atoms with E-state index in [0.29, 0.717) is 18.8 Å². The summed E-state index contributed by atoms with van der Waals surface area (Å²) in [7, 11) is 2.75. The van der Waals surface area contributed by atoms with Crippen LogP contribution in [0.2, 0.25) is 0 Å². The quantitative estimate of drug-likeness (QED) is 0.837. The first kappa shape index (κ1) is 15.1. The molecule has 0 aliphatic carbocycles. The molecule has 1 aromatic rings. The zero-order chi connectivity index (χ0) is 15.4. The molecule has 1 fully saturated rings. The normalized spacial score (nSPS) is 17.5. The van der Waals surface area contributed by atoms with E-state index in [1.807, 2.05) is 0 Å². The maximum Gasteiger partial charge on any atom is 0.415 e. The molecule has 0 bridgehead atoms. The minimum atomic E-state index is -0.585. The molecule has 2 rings (SSSR count). The van der Waals surface area contributed by atoms with Crippen LogP contribution in [0.5, 0.6) is 11.5 Å². The number of hydrogen-bond donors (Lipinski definition) is 1. The summed E-state index contributed by atoms with van der Waals surface area (Å²) in [6, 6.07) is 4.52. The maximum absolute atomic E-state index is 12.1. The third kappa shape index (κ3) is 3.43. The SMILES string of the molecule is COC(=O)c1ccc(OC)cc1OC(=O)N1CC[C@@H](N)C1. The van der Waals surface area contributed by atoms with Crippen LogP contribution < -0.4 is 15.2 Å². The summed E-state index contributed by atoms with van der Waals surface area (Å²) < 4.78 is 15.0. The first-order valence-corrected chi connectivity index (χ1v) is 6.54. The summed E-state index contributed by atoms with van der Waals surface area (Å²) in [6.45, 7) is 0.980. The zero-order valence-electron chi connectivity index (χ0n) is 12.0. The Morgan fingerprint density at radius 1 is 1.33 bits per heavy atom. The van der Waals surface area contributed by atoms with Gasteiger partial charge in [0, 0.05) is 25.2 Å². The number of methoxy groups -OCH3 is 2. The predicted molar refractivity (Wildman–Crippen MR) is 74.5 cm³/mol. The van der Waals surface area contributed by atoms with Crippen molar-refractivity contribution in [1.29, 1.82) is 0 Å². The molecule has 1 atom stereocenters. The van der Waals surface area contributed by atoms with E-state index in [2.05, 4.69) is 4.74 Å². The first-order chi connectivity index (χ1) is 10.0. The van der Waals surface area contributed by atoms with Gasteiger partial charge in [0.25, 0.3) is 0 Å². The smallest absolute Gasteiger partial charge is 0.415 e. The Balaban J connectivity index is 2.20. The summed E-state index contributed by atoms with van der Waals surface area (Å²) in [5.74, 6) is -0.00572. The Kier molecular flexibility index (Phi) is 4.64. The van der Waals surface area contributed by atoms with Crippen molar-refractivity contribution in [3.05, 3.63) is 23.8 Å². The van der Waals surface area contributed by atoms with E-state index in [1.165, 1.54) is 31.3 Å². The van der Waals surface area contributed by atoms with Gasteiger partial charge in [-0.1, -0.05) is 0 Å². The van der Waals surface area contributed by atoms with E-state index in [0.717, 1.165) is 6.42 Å². The molecule has 1 aromatic carbocycles. The second kappa shape index (κ2) is 6.45. The first-order valence-electron chi connectivity index (χ1n) is 6.54. The van der Waals surface area contributed by atoms with Crippen LogP contribution in [0.15, 0.2) is 18.2 Å². The van der Waals surface area contributed by atoms with Crippen LogP contribution in [0.1, 0.15) is 16.8 Å². The summed E-state index contributed by atoms with van der Waals surface area (Å²) >= 11 is 0. The average Bonchev–Trinajstić information content (AvgIpc) is 2.93. The zero-order valence-corrected chi connectivity index (χ0v) is 12.0. The lowest BCUT2D eigenvalue weighted by Gasteiger charge is -2.17. The van der Waals surface area contributed by atoms with Crippen LogP contribution in [0, 0.1) is 0 Å². The Hall–Kier alpha value is -2.28. The van der Waals surface area contributed by atoms with E-state index in [9.17, 15) is 9.59 Å². The highest BCUT2D eigenvalue weighted by atomic mass is 16.6. The second-order valence-electron chi connectivity index (χ2n) is 4.72. The Morgan fingerprint density at radius 3 is 2.67 bits per heavy atom. The molecule has 1 aliphatic heterocycles. The number of esters is 1. The van der Waals surface area contributed by atoms with Crippen molar-refractivity contribution in [2.24, 2.45) is 5.73 Å². The maximum atomic E-state index is 12.1. The van der Waals surface area contributed by atoms with Gasteiger partial charge in [0.05, 0.1) is 14.2 Å². The number of rotatable bonds is 3. The number of benzene rings is 1. The molecule has 0 spiro atoms. The van der Waals surface area contributed by atoms with Gasteiger partial charge in [-0.25, -0.2) is 9.59 Å². The number of carbonyl (C=O) groups is 2. The van der Waals surface area contributed by atoms with Crippen LogP contribution in [0.3, 0.4) is 0 Å². The van der Waals surface area contributed by atoms with Gasteiger partial charge in [0.2, 0.25) is 0 Å². The molecule has 7 nitrogen and oxygen atoms in total. The molecular formula is C14H18N2O5. The summed E-state index contributed by atoms with van der Waals surface area (Å²) in [4.78, 5) is 25.3. The molecule has 0 unspecified atom stereocenters. The highest BCUT2D eigenvalue weighted by Crippen LogP contribution is 2.26. The van der Waals surface area contributed by atoms with Gasteiger partial charge in [-0.15, -0.1) is 0 Å². The van der Waals surface area contributed by atoms with Crippen molar-refractivity contribution in [3.63, 3.8) is 0 Å². The van der Waals surface area contributed by atoms with Crippen molar-refractivity contribution in [2.45, 2.75) is 12.5 Å². The number of amides is 1. The van der Waals surface area contributed by atoms with E-state index >= 15 is 0 Å². The molecular weight excluding hydrogens is 276 g/mol. The number of hydrogen-bond acceptors (Lipinski definition) is 6. The number of likely N-dealkylation sites (tertiary alicyclic amines) is 1. The molecule has 0 radical (unpaired) electrons. The fourth-order valence-corrected chi connectivity index (χ4v) is 2.10. The van der Waals surface area contributed by atoms with Crippen LogP contribution in [-0.2, 0) is 4.74 Å². The van der Waals surface area contributed by atoms with Crippen molar-refractivity contribution in [1.82, 2.24) is 4.90 Å². The lowest BCUT2D eigenvalue weighted by Crippen LogP contribution is -2.34. The van der Waals surface area contributed by atoms with E-state index in [-0.39, 0.29) is 17.4 Å². The Morgan fingerprint density at radius 2 is 2.10 bits per heavy atom. The van der Waals surface area contributed by atoms with Gasteiger partial charge in [-0.3, -0.25) is 0 Å². The molecule has 7 heteroatoms. The molecule has 1 saturated heterocycles.